The van der Waals surface area contributed by atoms with Crippen molar-refractivity contribution in [1.29, 1.82) is 0 Å². The number of carbonyl (C=O) groups excluding carboxylic acids is 1. The second-order valence-electron chi connectivity index (χ2n) is 6.99. The van der Waals surface area contributed by atoms with Crippen molar-refractivity contribution in [1.82, 2.24) is 20.4 Å². The molecule has 1 atom stereocenters. The van der Waals surface area contributed by atoms with Gasteiger partial charge in [0.1, 0.15) is 5.69 Å². The third-order valence-corrected chi connectivity index (χ3v) is 4.86. The van der Waals surface area contributed by atoms with Crippen molar-refractivity contribution in [3.8, 4) is 0 Å². The van der Waals surface area contributed by atoms with Gasteiger partial charge in [-0.25, -0.2) is 0 Å². The molecule has 1 aromatic carbocycles. The van der Waals surface area contributed by atoms with Gasteiger partial charge in [-0.3, -0.25) is 9.48 Å². The highest BCUT2D eigenvalue weighted by Gasteiger charge is 2.17. The van der Waals surface area contributed by atoms with E-state index in [1.54, 1.807) is 6.07 Å². The molecule has 1 aliphatic heterocycles. The highest BCUT2D eigenvalue weighted by atomic mass is 35.5. The first-order valence-corrected chi connectivity index (χ1v) is 9.98. The molecule has 0 bridgehead atoms. The van der Waals surface area contributed by atoms with E-state index in [1.165, 1.54) is 5.56 Å². The lowest BCUT2D eigenvalue weighted by atomic mass is 10.1. The predicted octanol–water partition coefficient (Wildman–Crippen LogP) is 3.00. The molecular weight excluding hydrogens is 376 g/mol. The quantitative estimate of drug-likeness (QED) is 0.595. The van der Waals surface area contributed by atoms with Gasteiger partial charge in [-0.2, -0.15) is 5.10 Å². The number of nitrogens with zero attached hydrogens (tertiary/aromatic N) is 2. The van der Waals surface area contributed by atoms with Crippen LogP contribution in [0, 0.1) is 0 Å². The van der Waals surface area contributed by atoms with Crippen LogP contribution in [0.5, 0.6) is 0 Å². The van der Waals surface area contributed by atoms with Crippen LogP contribution >= 0.6 is 12.4 Å². The number of ether oxygens (including phenoxy) is 1. The number of hydrogen-bond donors (Lipinski definition) is 2. The highest BCUT2D eigenvalue weighted by molar-refractivity contribution is 5.92. The lowest BCUT2D eigenvalue weighted by Gasteiger charge is -2.22. The Balaban J connectivity index is 0.00000280. The molecule has 154 valence electrons. The fourth-order valence-corrected chi connectivity index (χ4v) is 3.28. The maximum absolute atomic E-state index is 12.2. The van der Waals surface area contributed by atoms with Crippen LogP contribution in [0.1, 0.15) is 47.8 Å². The van der Waals surface area contributed by atoms with Crippen LogP contribution in [0.2, 0.25) is 0 Å². The van der Waals surface area contributed by atoms with E-state index in [9.17, 15) is 4.79 Å². The summed E-state index contributed by atoms with van der Waals surface area (Å²) < 4.78 is 7.58. The Hall–Kier alpha value is -1.89. The Bertz CT molecular complexity index is 687. The van der Waals surface area contributed by atoms with Gasteiger partial charge < -0.3 is 15.4 Å². The highest BCUT2D eigenvalue weighted by Crippen LogP contribution is 2.15. The zero-order chi connectivity index (χ0) is 18.7. The van der Waals surface area contributed by atoms with Crippen LogP contribution in [0.25, 0.3) is 0 Å². The normalized spacial score (nSPS) is 16.4. The van der Waals surface area contributed by atoms with Gasteiger partial charge in [0, 0.05) is 25.9 Å². The lowest BCUT2D eigenvalue weighted by molar-refractivity contribution is 0.0942. The summed E-state index contributed by atoms with van der Waals surface area (Å²) >= 11 is 0. The van der Waals surface area contributed by atoms with Crippen molar-refractivity contribution in [3.63, 3.8) is 0 Å². The van der Waals surface area contributed by atoms with Crippen molar-refractivity contribution >= 4 is 18.3 Å². The van der Waals surface area contributed by atoms with Crippen LogP contribution in [-0.2, 0) is 11.2 Å². The number of halogens is 1. The van der Waals surface area contributed by atoms with Crippen molar-refractivity contribution in [3.05, 3.63) is 53.9 Å². The van der Waals surface area contributed by atoms with Gasteiger partial charge in [-0.15, -0.1) is 12.4 Å². The minimum absolute atomic E-state index is 0. The molecule has 6 nitrogen and oxygen atoms in total. The average Bonchev–Trinajstić information content (AvgIpc) is 3.22. The molecule has 1 saturated heterocycles. The summed E-state index contributed by atoms with van der Waals surface area (Å²) in [7, 11) is 0. The molecule has 1 aromatic heterocycles. The van der Waals surface area contributed by atoms with E-state index in [-0.39, 0.29) is 18.3 Å². The van der Waals surface area contributed by atoms with E-state index in [2.05, 4.69) is 27.9 Å². The fraction of sp³-hybridized carbons (Fsp3) is 0.524. The van der Waals surface area contributed by atoms with E-state index in [0.29, 0.717) is 18.3 Å². The van der Waals surface area contributed by atoms with E-state index in [1.807, 2.05) is 29.1 Å². The lowest BCUT2D eigenvalue weighted by Crippen LogP contribution is -2.32. The molecule has 0 radical (unpaired) electrons. The first-order valence-electron chi connectivity index (χ1n) is 9.98. The summed E-state index contributed by atoms with van der Waals surface area (Å²) in [5.74, 6) is -0.0949. The molecule has 1 aliphatic rings. The van der Waals surface area contributed by atoms with Gasteiger partial charge in [-0.05, 0) is 50.3 Å². The minimum Gasteiger partial charge on any atom is -0.381 e. The maximum Gasteiger partial charge on any atom is 0.271 e. The summed E-state index contributed by atoms with van der Waals surface area (Å²) in [5, 5.41) is 10.8. The van der Waals surface area contributed by atoms with Crippen LogP contribution in [0.3, 0.4) is 0 Å². The molecule has 0 spiro atoms. The molecule has 0 saturated carbocycles. The third kappa shape index (κ3) is 7.26. The first kappa shape index (κ1) is 22.4. The predicted molar refractivity (Wildman–Crippen MR) is 113 cm³/mol. The summed E-state index contributed by atoms with van der Waals surface area (Å²) in [6.45, 7) is 4.11. The Morgan fingerprint density at radius 1 is 1.21 bits per heavy atom. The number of unbranched alkanes of at least 4 members (excludes halogenated alkanes) is 1. The SMILES string of the molecule is Cl.O=C(NCCCCOCCc1ccccc1)c1ccn(C2CCCNC2)n1. The van der Waals surface area contributed by atoms with E-state index in [4.69, 9.17) is 4.74 Å². The second-order valence-corrected chi connectivity index (χ2v) is 6.99. The number of aromatic nitrogens is 2. The van der Waals surface area contributed by atoms with E-state index in [0.717, 1.165) is 58.4 Å². The Labute approximate surface area is 173 Å². The number of nitrogens with one attached hydrogen (secondary N) is 2. The Kier molecular flexibility index (Phi) is 10.0. The van der Waals surface area contributed by atoms with E-state index >= 15 is 0 Å². The molecule has 3 rings (SSSR count). The number of benzene rings is 1. The molecule has 1 unspecified atom stereocenters. The molecule has 2 aromatic rings. The second kappa shape index (κ2) is 12.5. The molecule has 1 fully saturated rings. The third-order valence-electron chi connectivity index (χ3n) is 4.86. The Morgan fingerprint density at radius 3 is 2.86 bits per heavy atom. The van der Waals surface area contributed by atoms with Crippen molar-refractivity contribution < 1.29 is 9.53 Å². The molecular formula is C21H31ClN4O2. The van der Waals surface area contributed by atoms with Crippen molar-refractivity contribution in [2.45, 2.75) is 38.1 Å². The number of amides is 1. The monoisotopic (exact) mass is 406 g/mol. The van der Waals surface area contributed by atoms with Gasteiger partial charge in [0.05, 0.1) is 12.6 Å². The number of piperidine rings is 1. The van der Waals surface area contributed by atoms with Crippen molar-refractivity contribution in [2.75, 3.05) is 32.8 Å². The van der Waals surface area contributed by atoms with Crippen molar-refractivity contribution in [2.24, 2.45) is 0 Å². The summed E-state index contributed by atoms with van der Waals surface area (Å²) in [6, 6.07) is 12.5. The van der Waals surface area contributed by atoms with Crippen LogP contribution in [0.15, 0.2) is 42.6 Å². The molecule has 2 heterocycles. The smallest absolute Gasteiger partial charge is 0.271 e. The molecule has 28 heavy (non-hydrogen) atoms. The van der Waals surface area contributed by atoms with E-state index < -0.39 is 0 Å². The largest absolute Gasteiger partial charge is 0.381 e. The first-order chi connectivity index (χ1) is 13.3. The van der Waals surface area contributed by atoms with Gasteiger partial charge in [0.15, 0.2) is 0 Å². The zero-order valence-corrected chi connectivity index (χ0v) is 17.1. The van der Waals surface area contributed by atoms with Gasteiger partial charge >= 0.3 is 0 Å². The molecule has 1 amide bonds. The number of hydrogen-bond acceptors (Lipinski definition) is 4. The topological polar surface area (TPSA) is 68.2 Å². The van der Waals surface area contributed by atoms with Crippen LogP contribution in [-0.4, -0.2) is 48.5 Å². The summed E-state index contributed by atoms with van der Waals surface area (Å²) in [4.78, 5) is 12.2. The van der Waals surface area contributed by atoms with Gasteiger partial charge in [0.25, 0.3) is 5.91 Å². The number of carbonyl (C=O) groups is 1. The molecule has 2 N–H and O–H groups in total. The van der Waals surface area contributed by atoms with Gasteiger partial charge in [0.2, 0.25) is 0 Å². The number of rotatable bonds is 10. The van der Waals surface area contributed by atoms with Crippen LogP contribution in [0.4, 0.5) is 0 Å². The Morgan fingerprint density at radius 2 is 2.07 bits per heavy atom. The summed E-state index contributed by atoms with van der Waals surface area (Å²) in [6.07, 6.45) is 6.96. The molecule has 0 aliphatic carbocycles. The van der Waals surface area contributed by atoms with Crippen LogP contribution < -0.4 is 10.6 Å². The summed E-state index contributed by atoms with van der Waals surface area (Å²) in [5.41, 5.74) is 1.80. The minimum atomic E-state index is -0.0949. The fourth-order valence-electron chi connectivity index (χ4n) is 3.28. The van der Waals surface area contributed by atoms with Gasteiger partial charge in [-0.1, -0.05) is 30.3 Å². The zero-order valence-electron chi connectivity index (χ0n) is 16.3. The maximum atomic E-state index is 12.2. The molecule has 7 heteroatoms. The standard InChI is InChI=1S/C21H30N4O2.ClH/c26-21(20-10-14-25(24-20)19-9-6-12-22-17-19)23-13-4-5-15-27-16-11-18-7-2-1-3-8-18;/h1-3,7-8,10,14,19,22H,4-6,9,11-13,15-17H2,(H,23,26);1H. The average molecular weight is 407 g/mol.